The summed E-state index contributed by atoms with van der Waals surface area (Å²) < 4.78 is 31.2. The van der Waals surface area contributed by atoms with E-state index in [1.165, 1.54) is 9.80 Å². The van der Waals surface area contributed by atoms with E-state index in [4.69, 9.17) is 33.5 Å². The van der Waals surface area contributed by atoms with Crippen molar-refractivity contribution in [2.45, 2.75) is 211 Å². The Morgan fingerprint density at radius 1 is 0.535 bits per heavy atom. The Morgan fingerprint density at radius 2 is 0.889 bits per heavy atom. The number of halogens is 1. The molecule has 0 radical (unpaired) electrons. The second-order valence-corrected chi connectivity index (χ2v) is 29.7. The third kappa shape index (κ3) is 26.6. The molecule has 3 unspecified atom stereocenters. The molecule has 17 atom stereocenters. The topological polar surface area (TPSA) is 342 Å². The van der Waals surface area contributed by atoms with Crippen LogP contribution in [0.4, 0.5) is 14.4 Å². The number of esters is 3. The van der Waals surface area contributed by atoms with Gasteiger partial charge < -0.3 is 70.3 Å². The fourth-order valence-electron chi connectivity index (χ4n) is 11.5. The summed E-state index contributed by atoms with van der Waals surface area (Å²) in [4.78, 5) is 139. The lowest BCUT2D eigenvalue weighted by Crippen LogP contribution is -2.56. The minimum Gasteiger partial charge on any atom is -0.480 e. The van der Waals surface area contributed by atoms with Gasteiger partial charge in [0, 0.05) is 30.8 Å². The number of carboxylic acid groups (broad SMARTS) is 1. The first-order valence-electron chi connectivity index (χ1n) is 33.8. The van der Waals surface area contributed by atoms with Gasteiger partial charge in [-0.25, -0.2) is 33.6 Å². The second kappa shape index (κ2) is 39.9. The highest BCUT2D eigenvalue weighted by molar-refractivity contribution is 7.16. The molecular weight excluding hydrogens is 1360 g/mol. The number of hydrogen-bond donors (Lipinski definition) is 7. The molecular formula is C69H114ClN8O18P3. The Balaban J connectivity index is 0.000000466. The van der Waals surface area contributed by atoms with Gasteiger partial charge in [-0.15, -0.1) is 73.0 Å². The van der Waals surface area contributed by atoms with Crippen LogP contribution in [0, 0.1) is 35.5 Å². The number of nitrogens with one attached hydrogen (secondary N) is 6. The predicted octanol–water partition coefficient (Wildman–Crippen LogP) is 7.49. The van der Waals surface area contributed by atoms with Crippen molar-refractivity contribution in [2.75, 3.05) is 57.9 Å². The monoisotopic (exact) mass is 1470 g/mol. The zero-order valence-electron chi connectivity index (χ0n) is 60.1. The first-order valence-corrected chi connectivity index (χ1v) is 36.2. The summed E-state index contributed by atoms with van der Waals surface area (Å²) in [5.74, 6) is -3.21. The molecule has 26 nitrogen and oxygen atoms in total. The number of hydrogen-bond acceptors (Lipinski definition) is 18. The predicted molar refractivity (Wildman–Crippen MR) is 390 cm³/mol. The molecule has 3 saturated heterocycles. The van der Waals surface area contributed by atoms with Crippen LogP contribution >= 0.6 is 40.1 Å². The van der Waals surface area contributed by atoms with E-state index in [0.717, 1.165) is 25.3 Å². The molecule has 6 aliphatic rings. The van der Waals surface area contributed by atoms with E-state index in [0.29, 0.717) is 89.6 Å². The maximum absolute atomic E-state index is 13.6. The van der Waals surface area contributed by atoms with Gasteiger partial charge in [-0.3, -0.25) is 24.1 Å². The molecule has 7 amide bonds. The standard InChI is InChI=1S/C25H40N3O6P.C19H31N2O5P.C14H23N2O3P.C11H19NO4.ClH/c1-7-10-11-18(26-23(32)34-24(4,5)6)21(30)28-14-16(15-35)12-19(28)20(29)27-25(13-17(25)8-2)22(31)33-9-3;1-6-13-9-19(13,16(23)25-7-2)20-15(22)14-8-12(11-27)10-21(14)17(24)26-18(3,4)5;1-3-10-6-14(10,13(18)19-4-2)16-12(17)11-5-9(8-20)7-15-11;1-5-6-7-8(9(13)14)12-10(15)16-11(2,3)4;/h7-8,16-19H,1-2,9-15,35H2,3-6H3,(H,26,32)(H,27,29);6,12-14H,1,7-11,27H2,2-5H3,(H,20,22);3,9-11,15H,1,4-8,20H2,2H3,(H,16,17);5,8H,1,6-7H2,2-4H3,(H,12,15)(H,13,14);1H/t16-,17-,18+,19+,25-;12-,13-,14+,19-;9-,10-,11+,14-;8-;/m1110./s1. The first-order chi connectivity index (χ1) is 45.8. The molecule has 3 aliphatic heterocycles. The summed E-state index contributed by atoms with van der Waals surface area (Å²) in [7, 11) is 8.02. The van der Waals surface area contributed by atoms with Crippen molar-refractivity contribution in [1.29, 1.82) is 0 Å². The number of carbonyl (C=O) groups is 11. The van der Waals surface area contributed by atoms with Crippen molar-refractivity contribution in [3.63, 3.8) is 0 Å². The summed E-state index contributed by atoms with van der Waals surface area (Å²) in [5.41, 5.74) is -5.08. The summed E-state index contributed by atoms with van der Waals surface area (Å²) >= 11 is 0. The number of carboxylic acids is 1. The Kier molecular flexibility index (Phi) is 35.8. The van der Waals surface area contributed by atoms with Crippen molar-refractivity contribution in [1.82, 2.24) is 41.7 Å². The third-order valence-corrected chi connectivity index (χ3v) is 19.0. The highest BCUT2D eigenvalue weighted by Gasteiger charge is 2.64. The van der Waals surface area contributed by atoms with Gasteiger partial charge in [-0.2, -0.15) is 0 Å². The van der Waals surface area contributed by atoms with Crippen LogP contribution in [0.2, 0.25) is 0 Å². The lowest BCUT2D eigenvalue weighted by atomic mass is 10.1. The van der Waals surface area contributed by atoms with Crippen LogP contribution in [-0.2, 0) is 66.8 Å². The van der Waals surface area contributed by atoms with E-state index in [2.05, 4.69) is 92.5 Å². The largest absolute Gasteiger partial charge is 0.480 e. The maximum atomic E-state index is 13.6. The van der Waals surface area contributed by atoms with Gasteiger partial charge in [0.2, 0.25) is 23.6 Å². The van der Waals surface area contributed by atoms with Crippen LogP contribution in [-0.4, -0.2) is 202 Å². The number of alkyl carbamates (subject to hydrolysis) is 2. The Labute approximate surface area is 598 Å². The van der Waals surface area contributed by atoms with Crippen molar-refractivity contribution in [3.05, 3.63) is 63.3 Å². The average molecular weight is 1470 g/mol. The number of nitrogens with zero attached hydrogens (tertiary/aromatic N) is 2. The summed E-state index contributed by atoms with van der Waals surface area (Å²) in [6.07, 6.45) is 13.7. The zero-order chi connectivity index (χ0) is 74.3. The van der Waals surface area contributed by atoms with E-state index < -0.39 is 99.7 Å². The molecule has 99 heavy (non-hydrogen) atoms. The molecule has 7 N–H and O–H groups in total. The molecule has 0 aromatic heterocycles. The second-order valence-electron chi connectivity index (χ2n) is 28.3. The lowest BCUT2D eigenvalue weighted by molar-refractivity contribution is -0.150. The maximum Gasteiger partial charge on any atom is 0.410 e. The molecule has 3 aliphatic carbocycles. The Bertz CT molecular complexity index is 2870. The number of allylic oxidation sites excluding steroid dienone is 2. The van der Waals surface area contributed by atoms with Crippen LogP contribution in [0.25, 0.3) is 0 Å². The molecule has 6 rings (SSSR count). The van der Waals surface area contributed by atoms with Crippen molar-refractivity contribution in [2.24, 2.45) is 35.5 Å². The average Bonchev–Trinajstić information content (AvgIpc) is 1.60. The molecule has 0 aromatic rings. The number of rotatable bonds is 28. The number of ether oxygens (including phenoxy) is 6. The molecule has 6 fully saturated rings. The van der Waals surface area contributed by atoms with E-state index in [-0.39, 0.29) is 84.9 Å². The van der Waals surface area contributed by atoms with Gasteiger partial charge >= 0.3 is 42.2 Å². The zero-order valence-corrected chi connectivity index (χ0v) is 64.4. The fraction of sp³-hybridized carbons (Fsp3) is 0.696. The van der Waals surface area contributed by atoms with Crippen LogP contribution < -0.4 is 31.9 Å². The van der Waals surface area contributed by atoms with E-state index in [1.807, 2.05) is 0 Å². The molecule has 560 valence electrons. The van der Waals surface area contributed by atoms with Crippen LogP contribution in [0.1, 0.15) is 147 Å². The lowest BCUT2D eigenvalue weighted by Gasteiger charge is -2.30. The van der Waals surface area contributed by atoms with Gasteiger partial charge in [-0.05, 0) is 190 Å². The minimum absolute atomic E-state index is 0. The summed E-state index contributed by atoms with van der Waals surface area (Å²) in [6.45, 7) is 41.8. The van der Waals surface area contributed by atoms with Crippen LogP contribution in [0.5, 0.6) is 0 Å². The van der Waals surface area contributed by atoms with E-state index in [1.54, 1.807) is 113 Å². The van der Waals surface area contributed by atoms with Crippen molar-refractivity contribution >= 4 is 106 Å². The molecule has 3 heterocycles. The van der Waals surface area contributed by atoms with E-state index in [9.17, 15) is 52.7 Å². The van der Waals surface area contributed by atoms with Gasteiger partial charge in [0.15, 0.2) is 0 Å². The van der Waals surface area contributed by atoms with Gasteiger partial charge in [-0.1, -0.05) is 30.4 Å². The highest BCUT2D eigenvalue weighted by atomic mass is 35.5. The van der Waals surface area contributed by atoms with Gasteiger partial charge in [0.05, 0.1) is 25.9 Å². The van der Waals surface area contributed by atoms with Gasteiger partial charge in [0.25, 0.3) is 0 Å². The Morgan fingerprint density at radius 3 is 1.21 bits per heavy atom. The number of carbonyl (C=O) groups excluding carboxylic acids is 10. The highest BCUT2D eigenvalue weighted by Crippen LogP contribution is 2.48. The normalized spacial score (nSPS) is 26.6. The van der Waals surface area contributed by atoms with Gasteiger partial charge in [0.1, 0.15) is 57.6 Å². The number of likely N-dealkylation sites (tertiary alicyclic amines) is 2. The number of amides is 7. The fourth-order valence-corrected chi connectivity index (χ4v) is 12.6. The SMILES string of the molecule is C=CCC[C@H](NC(=O)OC(C)(C)C)C(=O)N1C[C@H](CP)C[C@H]1C(=O)N[C@]1(C(=O)OCC)C[C@H]1C=C.C=CCC[C@H](NC(=O)OC(C)(C)C)C(=O)O.C=C[C@@H]1C[C@]1(NC(=O)[C@@H]1C[C@@H](CP)CN1)C(=O)OCC.C=C[C@@H]1C[C@]1(NC(=O)[C@@H]1C[C@@H](CP)CN1C(=O)OC(C)(C)C)C(=O)OCC.Cl. The minimum atomic E-state index is -1.14. The quantitative estimate of drug-likeness (QED) is 0.0173. The van der Waals surface area contributed by atoms with Crippen molar-refractivity contribution in [3.8, 4) is 0 Å². The first kappa shape index (κ1) is 88.9. The molecule has 0 aromatic carbocycles. The smallest absolute Gasteiger partial charge is 0.410 e. The molecule has 30 heteroatoms. The van der Waals surface area contributed by atoms with E-state index >= 15 is 0 Å². The third-order valence-electron chi connectivity index (χ3n) is 17.0. The molecule has 0 bridgehead atoms. The number of aliphatic carboxylic acids is 1. The van der Waals surface area contributed by atoms with Crippen LogP contribution in [0.3, 0.4) is 0 Å². The molecule has 3 saturated carbocycles. The molecule has 0 spiro atoms. The van der Waals surface area contributed by atoms with Crippen molar-refractivity contribution < 1.29 is 86.3 Å². The summed E-state index contributed by atoms with van der Waals surface area (Å²) in [5, 5.41) is 25.6. The van der Waals surface area contributed by atoms with Crippen LogP contribution in [0.15, 0.2) is 63.3 Å². The summed E-state index contributed by atoms with van der Waals surface area (Å²) in [6, 6.07) is -3.45. The Hall–Kier alpha value is -6.19.